The molecule has 3 aliphatic rings. The Labute approximate surface area is 605 Å². The summed E-state index contributed by atoms with van der Waals surface area (Å²) >= 11 is 0. The molecule has 103 heavy (non-hydrogen) atoms. The first-order chi connectivity index (χ1) is 49.4. The van der Waals surface area contributed by atoms with E-state index in [1.165, 1.54) is 154 Å². The SMILES string of the molecule is C=CC1(CCCOC(=O)C(=C)C)c2cc(-c3ccc4c(c3)C(C)(C)c3cc(-c5ccc6c(c5)C(C=C)(CCCOC(=O)C(=C)C)c5cc(-c7ccc8ccc9cc(C(C)(C)C)cc%10ccc7c8c9%10)ccc5-6)ccc3-4)ccc2-c2ccc(-c3ccc4ccc5cc(C(C)(C)C)cc6ccc3c4c56)cc21. The van der Waals surface area contributed by atoms with Crippen LogP contribution in [0.5, 0.6) is 0 Å². The summed E-state index contributed by atoms with van der Waals surface area (Å²) in [6.45, 7) is 39.5. The third-order valence-electron chi connectivity index (χ3n) is 23.8. The largest absolute Gasteiger partial charge is 0.462 e. The van der Waals surface area contributed by atoms with Crippen molar-refractivity contribution in [2.75, 3.05) is 13.2 Å². The molecule has 3 aliphatic carbocycles. The van der Waals surface area contributed by atoms with Crippen molar-refractivity contribution in [1.29, 1.82) is 0 Å². The van der Waals surface area contributed by atoms with Gasteiger partial charge in [-0.05, 0) is 274 Å². The number of carbonyl (C=O) groups excluding carboxylic acids is 2. The summed E-state index contributed by atoms with van der Waals surface area (Å²) < 4.78 is 11.6. The molecule has 4 nitrogen and oxygen atoms in total. The van der Waals surface area contributed by atoms with Gasteiger partial charge in [0, 0.05) is 27.4 Å². The second-order valence-electron chi connectivity index (χ2n) is 32.5. The van der Waals surface area contributed by atoms with Gasteiger partial charge in [0.2, 0.25) is 0 Å². The van der Waals surface area contributed by atoms with Crippen LogP contribution in [0.4, 0.5) is 0 Å². The average molecular weight is 1340 g/mol. The van der Waals surface area contributed by atoms with Crippen molar-refractivity contribution < 1.29 is 19.1 Å². The van der Waals surface area contributed by atoms with Crippen LogP contribution >= 0.6 is 0 Å². The van der Waals surface area contributed by atoms with Gasteiger partial charge in [0.1, 0.15) is 0 Å². The number of carbonyl (C=O) groups is 2. The number of esters is 2. The standard InChI is InChI=1S/C99H86O4/c1-15-98(43-17-45-102-93(100)57(3)4)85-53-63(27-37-77(85)79-39-29-65(55-87(79)98)73-33-23-59-19-21-67-47-71(95(7,8)9)49-69-31-41-81(73)91(59)89(67)69)61-25-35-75-76-36-26-62(52-84(76)97(13,14)83(75)51-61)64-28-38-78-80-40-30-66(56-88(80)99(16-2,86(78)54-64)44-18-46-103-94(101)58(5)6)74-34-24-60-20-22-68-48-72(96(10,11)12)50-70-32-42-82(74)92(60)90(68)70/h15-16,19-42,47-56H,1-3,5,17-18,43-46H2,4,6-14H3. The Bertz CT molecular complexity index is 5620. The minimum Gasteiger partial charge on any atom is -0.462 e. The zero-order chi connectivity index (χ0) is 71.6. The Morgan fingerprint density at radius 1 is 0.350 bits per heavy atom. The number of ether oxygens (including phenoxy) is 2. The van der Waals surface area contributed by atoms with Crippen LogP contribution < -0.4 is 0 Å². The lowest BCUT2D eigenvalue weighted by Gasteiger charge is -2.30. The van der Waals surface area contributed by atoms with Crippen LogP contribution in [0.15, 0.2) is 256 Å². The Morgan fingerprint density at radius 2 is 0.621 bits per heavy atom. The summed E-state index contributed by atoms with van der Waals surface area (Å²) in [7, 11) is 0. The molecule has 0 aromatic heterocycles. The fourth-order valence-electron chi connectivity index (χ4n) is 18.1. The molecule has 4 heteroatoms. The van der Waals surface area contributed by atoms with Gasteiger partial charge in [-0.1, -0.05) is 251 Å². The molecule has 0 aliphatic heterocycles. The molecule has 17 rings (SSSR count). The van der Waals surface area contributed by atoms with Gasteiger partial charge in [0.05, 0.1) is 13.2 Å². The maximum atomic E-state index is 12.8. The minimum atomic E-state index is -0.584. The third kappa shape index (κ3) is 10.1. The zero-order valence-corrected chi connectivity index (χ0v) is 61.0. The van der Waals surface area contributed by atoms with E-state index in [0.29, 0.717) is 36.8 Å². The van der Waals surface area contributed by atoms with Gasteiger partial charge >= 0.3 is 11.9 Å². The van der Waals surface area contributed by atoms with Crippen LogP contribution in [-0.2, 0) is 46.1 Å². The second kappa shape index (κ2) is 23.6. The topological polar surface area (TPSA) is 52.6 Å². The molecule has 2 unspecified atom stereocenters. The van der Waals surface area contributed by atoms with E-state index in [9.17, 15) is 9.59 Å². The van der Waals surface area contributed by atoms with Crippen molar-refractivity contribution in [2.45, 2.75) is 122 Å². The maximum Gasteiger partial charge on any atom is 0.333 e. The molecule has 14 aromatic rings. The summed E-state index contributed by atoms with van der Waals surface area (Å²) in [6, 6.07) is 79.4. The monoisotopic (exact) mass is 1340 g/mol. The quantitative estimate of drug-likeness (QED) is 0.0318. The van der Waals surface area contributed by atoms with Gasteiger partial charge < -0.3 is 9.47 Å². The van der Waals surface area contributed by atoms with E-state index in [1.807, 2.05) is 0 Å². The first-order valence-corrected chi connectivity index (χ1v) is 36.7. The van der Waals surface area contributed by atoms with E-state index >= 15 is 0 Å². The highest BCUT2D eigenvalue weighted by molar-refractivity contribution is 6.27. The van der Waals surface area contributed by atoms with Crippen LogP contribution in [-0.4, -0.2) is 25.2 Å². The lowest BCUT2D eigenvalue weighted by Crippen LogP contribution is -2.23. The summed E-state index contributed by atoms with van der Waals surface area (Å²) in [5.41, 5.74) is 26.0. The normalized spacial score (nSPS) is 16.3. The van der Waals surface area contributed by atoms with E-state index in [2.05, 4.69) is 300 Å². The van der Waals surface area contributed by atoms with Gasteiger partial charge in [-0.25, -0.2) is 9.59 Å². The number of hydrogen-bond donors (Lipinski definition) is 0. The molecule has 0 fully saturated rings. The zero-order valence-electron chi connectivity index (χ0n) is 61.0. The van der Waals surface area contributed by atoms with Crippen molar-refractivity contribution in [3.05, 3.63) is 300 Å². The number of allylic oxidation sites excluding steroid dienone is 2. The number of fused-ring (bicyclic) bond motifs is 9. The average Bonchev–Trinajstić information content (AvgIpc) is 1.71. The predicted octanol–water partition coefficient (Wildman–Crippen LogP) is 25.8. The van der Waals surface area contributed by atoms with E-state index in [4.69, 9.17) is 9.47 Å². The molecular formula is C99H86O4. The van der Waals surface area contributed by atoms with Crippen molar-refractivity contribution in [2.24, 2.45) is 0 Å². The van der Waals surface area contributed by atoms with Crippen LogP contribution in [0.1, 0.15) is 139 Å². The Balaban J connectivity index is 0.710. The molecule has 0 radical (unpaired) electrons. The van der Waals surface area contributed by atoms with E-state index in [-0.39, 0.29) is 41.4 Å². The van der Waals surface area contributed by atoms with Crippen LogP contribution in [0.25, 0.3) is 143 Å². The summed E-state index contributed by atoms with van der Waals surface area (Å²) in [6.07, 6.45) is 6.95. The van der Waals surface area contributed by atoms with Gasteiger partial charge in [-0.15, -0.1) is 13.2 Å². The fraction of sp³-hybridized carbons (Fsp3) is 0.212. The van der Waals surface area contributed by atoms with Crippen LogP contribution in [0.3, 0.4) is 0 Å². The number of benzene rings is 14. The van der Waals surface area contributed by atoms with Gasteiger partial charge in [-0.3, -0.25) is 0 Å². The molecule has 0 heterocycles. The van der Waals surface area contributed by atoms with Gasteiger partial charge in [0.25, 0.3) is 0 Å². The molecule has 0 saturated heterocycles. The first-order valence-electron chi connectivity index (χ1n) is 36.7. The highest BCUT2D eigenvalue weighted by Gasteiger charge is 2.44. The predicted molar refractivity (Wildman–Crippen MR) is 433 cm³/mol. The molecular weight excluding hydrogens is 1250 g/mol. The molecule has 2 atom stereocenters. The summed E-state index contributed by atoms with van der Waals surface area (Å²) in [5, 5.41) is 15.3. The van der Waals surface area contributed by atoms with Crippen LogP contribution in [0.2, 0.25) is 0 Å². The molecule has 0 saturated carbocycles. The Morgan fingerprint density at radius 3 is 0.942 bits per heavy atom. The maximum absolute atomic E-state index is 12.8. The lowest BCUT2D eigenvalue weighted by atomic mass is 9.73. The first kappa shape index (κ1) is 65.4. The molecule has 0 spiro atoms. The third-order valence-corrected chi connectivity index (χ3v) is 23.8. The molecule has 14 aromatic carbocycles. The fourth-order valence-corrected chi connectivity index (χ4v) is 18.1. The van der Waals surface area contributed by atoms with Gasteiger partial charge in [0.15, 0.2) is 0 Å². The van der Waals surface area contributed by atoms with Crippen molar-refractivity contribution >= 4 is 76.6 Å². The Kier molecular flexibility index (Phi) is 15.0. The summed E-state index contributed by atoms with van der Waals surface area (Å²) in [5.74, 6) is -0.740. The van der Waals surface area contributed by atoms with E-state index < -0.39 is 10.8 Å². The van der Waals surface area contributed by atoms with Crippen molar-refractivity contribution in [3.63, 3.8) is 0 Å². The highest BCUT2D eigenvalue weighted by Crippen LogP contribution is 2.58. The molecule has 506 valence electrons. The minimum absolute atomic E-state index is 0.0272. The molecule has 0 bridgehead atoms. The number of hydrogen-bond acceptors (Lipinski definition) is 4. The lowest BCUT2D eigenvalue weighted by molar-refractivity contribution is -0.140. The highest BCUT2D eigenvalue weighted by atomic mass is 16.5. The molecule has 0 N–H and O–H groups in total. The van der Waals surface area contributed by atoms with Crippen LogP contribution in [0, 0.1) is 0 Å². The van der Waals surface area contributed by atoms with Gasteiger partial charge in [-0.2, -0.15) is 0 Å². The smallest absolute Gasteiger partial charge is 0.333 e. The Hall–Kier alpha value is -10.9. The van der Waals surface area contributed by atoms with E-state index in [1.54, 1.807) is 13.8 Å². The van der Waals surface area contributed by atoms with Crippen molar-refractivity contribution in [1.82, 2.24) is 0 Å². The van der Waals surface area contributed by atoms with E-state index in [0.717, 1.165) is 33.4 Å². The second-order valence-corrected chi connectivity index (χ2v) is 32.5. The molecule has 0 amide bonds. The number of rotatable bonds is 16. The summed E-state index contributed by atoms with van der Waals surface area (Å²) in [4.78, 5) is 25.6. The van der Waals surface area contributed by atoms with Crippen molar-refractivity contribution in [3.8, 4) is 77.9 Å².